The zero-order valence-electron chi connectivity index (χ0n) is 14.7. The van der Waals surface area contributed by atoms with Gasteiger partial charge in [0.1, 0.15) is 18.1 Å². The molecule has 3 aromatic heterocycles. The topological polar surface area (TPSA) is 90.6 Å². The first kappa shape index (κ1) is 16.7. The molecule has 0 aliphatic rings. The Morgan fingerprint density at radius 2 is 2.15 bits per heavy atom. The third kappa shape index (κ3) is 2.60. The van der Waals surface area contributed by atoms with E-state index in [1.165, 1.54) is 17.0 Å². The average Bonchev–Trinajstić information content (AvgIpc) is 3.22. The van der Waals surface area contributed by atoms with Crippen molar-refractivity contribution in [3.63, 3.8) is 0 Å². The maximum Gasteiger partial charge on any atom is 0.273 e. The van der Waals surface area contributed by atoms with Gasteiger partial charge in [-0.05, 0) is 37.3 Å². The lowest BCUT2D eigenvalue weighted by atomic mass is 10.2. The van der Waals surface area contributed by atoms with Crippen molar-refractivity contribution in [2.45, 2.75) is 6.92 Å². The van der Waals surface area contributed by atoms with Crippen LogP contribution >= 0.6 is 0 Å². The molecule has 0 bridgehead atoms. The lowest BCUT2D eigenvalue weighted by molar-refractivity contribution is 0.0806. The SMILES string of the molecule is Cc1nc(C(=O)N(C)CC#N)ccc1-n1c2ccc(F)cc2c2[nH]ncc21. The summed E-state index contributed by atoms with van der Waals surface area (Å²) in [6, 6.07) is 9.94. The van der Waals surface area contributed by atoms with Gasteiger partial charge in [0.2, 0.25) is 0 Å². The molecule has 0 saturated carbocycles. The van der Waals surface area contributed by atoms with E-state index in [1.807, 2.05) is 10.6 Å². The minimum absolute atomic E-state index is 0.00917. The molecule has 0 radical (unpaired) electrons. The van der Waals surface area contributed by atoms with Crippen LogP contribution in [0.2, 0.25) is 0 Å². The smallest absolute Gasteiger partial charge is 0.273 e. The summed E-state index contributed by atoms with van der Waals surface area (Å²) in [5.41, 5.74) is 4.00. The number of aryl methyl sites for hydroxylation is 1. The number of nitrogens with one attached hydrogen (secondary N) is 1. The number of rotatable bonds is 3. The van der Waals surface area contributed by atoms with E-state index in [9.17, 15) is 9.18 Å². The highest BCUT2D eigenvalue weighted by Gasteiger charge is 2.18. The number of carbonyl (C=O) groups excluding carboxylic acids is 1. The number of hydrogen-bond donors (Lipinski definition) is 1. The Morgan fingerprint density at radius 3 is 2.89 bits per heavy atom. The van der Waals surface area contributed by atoms with Gasteiger partial charge in [-0.15, -0.1) is 0 Å². The van der Waals surface area contributed by atoms with E-state index in [2.05, 4.69) is 15.2 Å². The summed E-state index contributed by atoms with van der Waals surface area (Å²) in [4.78, 5) is 18.1. The van der Waals surface area contributed by atoms with Crippen molar-refractivity contribution in [1.29, 1.82) is 5.26 Å². The van der Waals surface area contributed by atoms with Crippen molar-refractivity contribution in [2.75, 3.05) is 13.6 Å². The maximum absolute atomic E-state index is 13.7. The molecule has 0 saturated heterocycles. The first-order valence-electron chi connectivity index (χ1n) is 8.24. The number of aromatic amines is 1. The van der Waals surface area contributed by atoms with Crippen LogP contribution in [0.1, 0.15) is 16.2 Å². The van der Waals surface area contributed by atoms with Gasteiger partial charge < -0.3 is 9.47 Å². The molecule has 134 valence electrons. The number of halogens is 1. The summed E-state index contributed by atoms with van der Waals surface area (Å²) in [6.07, 6.45) is 1.67. The molecule has 0 aliphatic heterocycles. The Bertz CT molecular complexity index is 1230. The van der Waals surface area contributed by atoms with Crippen LogP contribution in [-0.2, 0) is 0 Å². The van der Waals surface area contributed by atoms with E-state index < -0.39 is 0 Å². The standard InChI is InChI=1S/C19H15FN6O/c1-11-15(6-4-14(23-11)19(27)25(2)8-7-21)26-16-5-3-12(20)9-13(16)18-17(26)10-22-24-18/h3-6,9-10H,8H2,1-2H3,(H,22,24). The van der Waals surface area contributed by atoms with Crippen LogP contribution in [0.15, 0.2) is 36.5 Å². The van der Waals surface area contributed by atoms with Crippen molar-refractivity contribution in [3.8, 4) is 11.8 Å². The first-order chi connectivity index (χ1) is 13.0. The van der Waals surface area contributed by atoms with Gasteiger partial charge in [0, 0.05) is 12.4 Å². The number of carbonyl (C=O) groups is 1. The number of pyridine rings is 1. The lowest BCUT2D eigenvalue weighted by Crippen LogP contribution is -2.28. The summed E-state index contributed by atoms with van der Waals surface area (Å²) in [5.74, 6) is -0.647. The lowest BCUT2D eigenvalue weighted by Gasteiger charge is -2.14. The molecule has 1 N–H and O–H groups in total. The Morgan fingerprint density at radius 1 is 1.33 bits per heavy atom. The number of nitrogens with zero attached hydrogens (tertiary/aromatic N) is 5. The van der Waals surface area contributed by atoms with E-state index in [-0.39, 0.29) is 24.0 Å². The molecule has 3 heterocycles. The highest BCUT2D eigenvalue weighted by Crippen LogP contribution is 2.31. The third-order valence-electron chi connectivity index (χ3n) is 4.50. The van der Waals surface area contributed by atoms with Crippen LogP contribution < -0.4 is 0 Å². The summed E-state index contributed by atoms with van der Waals surface area (Å²) in [6.45, 7) is 1.79. The molecule has 0 spiro atoms. The van der Waals surface area contributed by atoms with E-state index in [0.29, 0.717) is 5.69 Å². The van der Waals surface area contributed by atoms with Crippen molar-refractivity contribution < 1.29 is 9.18 Å². The number of hydrogen-bond acceptors (Lipinski definition) is 4. The minimum atomic E-state index is -0.326. The average molecular weight is 362 g/mol. The van der Waals surface area contributed by atoms with Crippen molar-refractivity contribution in [3.05, 3.63) is 53.7 Å². The molecule has 0 unspecified atom stereocenters. The zero-order chi connectivity index (χ0) is 19.1. The highest BCUT2D eigenvalue weighted by molar-refractivity contribution is 6.07. The maximum atomic E-state index is 13.7. The Balaban J connectivity index is 1.88. The van der Waals surface area contributed by atoms with Gasteiger partial charge in [-0.2, -0.15) is 10.4 Å². The van der Waals surface area contributed by atoms with Gasteiger partial charge in [0.15, 0.2) is 0 Å². The second-order valence-corrected chi connectivity index (χ2v) is 6.25. The molecule has 4 aromatic rings. The van der Waals surface area contributed by atoms with Crippen LogP contribution in [0.5, 0.6) is 0 Å². The number of aromatic nitrogens is 4. The van der Waals surface area contributed by atoms with Crippen molar-refractivity contribution in [2.24, 2.45) is 0 Å². The van der Waals surface area contributed by atoms with Crippen LogP contribution in [0, 0.1) is 24.1 Å². The van der Waals surface area contributed by atoms with E-state index in [1.54, 1.807) is 38.4 Å². The van der Waals surface area contributed by atoms with Gasteiger partial charge in [0.05, 0.1) is 40.2 Å². The monoisotopic (exact) mass is 362 g/mol. The molecule has 4 rings (SSSR count). The summed E-state index contributed by atoms with van der Waals surface area (Å²) in [7, 11) is 1.56. The molecule has 0 atom stereocenters. The molecule has 0 aliphatic carbocycles. The Hall–Kier alpha value is -3.73. The number of H-pyrrole nitrogens is 1. The third-order valence-corrected chi connectivity index (χ3v) is 4.50. The predicted molar refractivity (Wildman–Crippen MR) is 98.0 cm³/mol. The molecule has 7 nitrogen and oxygen atoms in total. The fourth-order valence-electron chi connectivity index (χ4n) is 3.22. The van der Waals surface area contributed by atoms with E-state index in [4.69, 9.17) is 5.26 Å². The van der Waals surface area contributed by atoms with Crippen LogP contribution in [0.3, 0.4) is 0 Å². The minimum Gasteiger partial charge on any atom is -0.327 e. The fourth-order valence-corrected chi connectivity index (χ4v) is 3.22. The number of nitriles is 1. The van der Waals surface area contributed by atoms with E-state index >= 15 is 0 Å². The van der Waals surface area contributed by atoms with Gasteiger partial charge in [-0.3, -0.25) is 9.89 Å². The van der Waals surface area contributed by atoms with E-state index in [0.717, 1.165) is 27.6 Å². The second-order valence-electron chi connectivity index (χ2n) is 6.25. The zero-order valence-corrected chi connectivity index (χ0v) is 14.7. The number of amides is 1. The van der Waals surface area contributed by atoms with Crippen molar-refractivity contribution in [1.82, 2.24) is 24.6 Å². The van der Waals surface area contributed by atoms with Crippen LogP contribution in [0.4, 0.5) is 4.39 Å². The molecule has 1 amide bonds. The normalized spacial score (nSPS) is 11.0. The van der Waals surface area contributed by atoms with Gasteiger partial charge in [0.25, 0.3) is 5.91 Å². The summed E-state index contributed by atoms with van der Waals surface area (Å²) >= 11 is 0. The number of fused-ring (bicyclic) bond motifs is 3. The molecular formula is C19H15FN6O. The Labute approximate surface area is 153 Å². The van der Waals surface area contributed by atoms with Gasteiger partial charge in [-0.25, -0.2) is 9.37 Å². The molecular weight excluding hydrogens is 347 g/mol. The van der Waals surface area contributed by atoms with Crippen LogP contribution in [-0.4, -0.2) is 44.1 Å². The first-order valence-corrected chi connectivity index (χ1v) is 8.24. The largest absolute Gasteiger partial charge is 0.327 e. The summed E-state index contributed by atoms with van der Waals surface area (Å²) in [5, 5.41) is 16.4. The summed E-state index contributed by atoms with van der Waals surface area (Å²) < 4.78 is 15.7. The molecule has 1 aromatic carbocycles. The van der Waals surface area contributed by atoms with Gasteiger partial charge >= 0.3 is 0 Å². The van der Waals surface area contributed by atoms with Gasteiger partial charge in [-0.1, -0.05) is 0 Å². The second kappa shape index (κ2) is 6.21. The molecule has 27 heavy (non-hydrogen) atoms. The van der Waals surface area contributed by atoms with Crippen LogP contribution in [0.25, 0.3) is 27.6 Å². The Kier molecular flexibility index (Phi) is 3.85. The fraction of sp³-hybridized carbons (Fsp3) is 0.158. The molecule has 8 heteroatoms. The van der Waals surface area contributed by atoms with Crippen molar-refractivity contribution >= 4 is 27.8 Å². The predicted octanol–water partition coefficient (Wildman–Crippen LogP) is 2.94. The quantitative estimate of drug-likeness (QED) is 0.567. The highest BCUT2D eigenvalue weighted by atomic mass is 19.1. The number of benzene rings is 1. The molecule has 0 fully saturated rings.